The molecule has 0 aromatic heterocycles. The Bertz CT molecular complexity index is 695. The molecule has 2 aromatic carbocycles. The minimum Gasteiger partial charge on any atom is -0.352 e. The number of nitrogens with zero attached hydrogens (tertiary/aromatic N) is 1. The zero-order valence-corrected chi connectivity index (χ0v) is 11.2. The van der Waals surface area contributed by atoms with Gasteiger partial charge >= 0.3 is 0 Å². The van der Waals surface area contributed by atoms with Crippen LogP contribution in [0.1, 0.15) is 29.1 Å². The maximum Gasteiger partial charge on any atom is 0.257 e. The average Bonchev–Trinajstić information content (AvgIpc) is 2.83. The molecule has 0 radical (unpaired) electrons. The Kier molecular flexibility index (Phi) is 2.44. The third-order valence-electron chi connectivity index (χ3n) is 4.13. The molecule has 100 valence electrons. The van der Waals surface area contributed by atoms with E-state index in [-0.39, 0.29) is 18.2 Å². The number of hydrogen-bond donors (Lipinski definition) is 0. The monoisotopic (exact) mass is 265 g/mol. The maximum atomic E-state index is 12.8. The standard InChI is InChI=1S/C17H15NO2/c1-11-10-20-17-15-9-5-3-7-13(15)12-6-2-4-8-14(12)16(19)18(11)17/h2-9,11,17H,10H2,1H3/t11-,17+/m0/s1. The molecule has 20 heavy (non-hydrogen) atoms. The van der Waals surface area contributed by atoms with Crippen LogP contribution in [0.25, 0.3) is 11.1 Å². The highest BCUT2D eigenvalue weighted by Gasteiger charge is 2.40. The van der Waals surface area contributed by atoms with Crippen molar-refractivity contribution in [1.29, 1.82) is 0 Å². The molecule has 0 spiro atoms. The number of ether oxygens (including phenoxy) is 1. The molecule has 0 N–H and O–H groups in total. The van der Waals surface area contributed by atoms with E-state index in [1.165, 1.54) is 0 Å². The highest BCUT2D eigenvalue weighted by atomic mass is 16.5. The lowest BCUT2D eigenvalue weighted by Crippen LogP contribution is -2.35. The summed E-state index contributed by atoms with van der Waals surface area (Å²) in [4.78, 5) is 14.7. The first kappa shape index (κ1) is 11.7. The van der Waals surface area contributed by atoms with Crippen molar-refractivity contribution in [2.45, 2.75) is 19.2 Å². The molecule has 2 heterocycles. The van der Waals surface area contributed by atoms with E-state index in [0.717, 1.165) is 22.3 Å². The Morgan fingerprint density at radius 3 is 2.45 bits per heavy atom. The fourth-order valence-electron chi connectivity index (χ4n) is 3.17. The lowest BCUT2D eigenvalue weighted by atomic mass is 9.96. The summed E-state index contributed by atoms with van der Waals surface area (Å²) in [5, 5.41) is 0. The van der Waals surface area contributed by atoms with Crippen LogP contribution in [0.3, 0.4) is 0 Å². The van der Waals surface area contributed by atoms with Crippen molar-refractivity contribution < 1.29 is 9.53 Å². The quantitative estimate of drug-likeness (QED) is 0.732. The van der Waals surface area contributed by atoms with Crippen LogP contribution < -0.4 is 0 Å². The number of carbonyl (C=O) groups is 1. The molecule has 0 bridgehead atoms. The van der Waals surface area contributed by atoms with Gasteiger partial charge in [-0.05, 0) is 24.1 Å². The molecule has 0 unspecified atom stereocenters. The first-order chi connectivity index (χ1) is 9.77. The van der Waals surface area contributed by atoms with Gasteiger partial charge in [-0.15, -0.1) is 0 Å². The third kappa shape index (κ3) is 1.47. The summed E-state index contributed by atoms with van der Waals surface area (Å²) >= 11 is 0. The summed E-state index contributed by atoms with van der Waals surface area (Å²) in [5.74, 6) is 0.0619. The Morgan fingerprint density at radius 2 is 1.65 bits per heavy atom. The number of hydrogen-bond acceptors (Lipinski definition) is 2. The Morgan fingerprint density at radius 1 is 1.00 bits per heavy atom. The van der Waals surface area contributed by atoms with Crippen molar-refractivity contribution in [3.05, 3.63) is 59.7 Å². The minimum atomic E-state index is -0.263. The molecule has 2 aromatic rings. The summed E-state index contributed by atoms with van der Waals surface area (Å²) in [6, 6.07) is 16.0. The molecule has 2 aliphatic heterocycles. The second kappa shape index (κ2) is 4.18. The summed E-state index contributed by atoms with van der Waals surface area (Å²) < 4.78 is 5.88. The number of carbonyl (C=O) groups excluding carboxylic acids is 1. The van der Waals surface area contributed by atoms with Crippen molar-refractivity contribution in [2.24, 2.45) is 0 Å². The smallest absolute Gasteiger partial charge is 0.257 e. The van der Waals surface area contributed by atoms with Crippen molar-refractivity contribution in [3.63, 3.8) is 0 Å². The van der Waals surface area contributed by atoms with E-state index in [9.17, 15) is 4.79 Å². The maximum absolute atomic E-state index is 12.8. The fourth-order valence-corrected chi connectivity index (χ4v) is 3.17. The zero-order chi connectivity index (χ0) is 13.7. The lowest BCUT2D eigenvalue weighted by molar-refractivity contribution is 0.0261. The third-order valence-corrected chi connectivity index (χ3v) is 4.13. The van der Waals surface area contributed by atoms with E-state index in [1.807, 2.05) is 48.2 Å². The van der Waals surface area contributed by atoms with Crippen LogP contribution in [0.4, 0.5) is 0 Å². The summed E-state index contributed by atoms with van der Waals surface area (Å²) in [7, 11) is 0. The molecular weight excluding hydrogens is 250 g/mol. The topological polar surface area (TPSA) is 29.5 Å². The predicted octanol–water partition coefficient (Wildman–Crippen LogP) is 3.23. The Balaban J connectivity index is 2.04. The van der Waals surface area contributed by atoms with E-state index in [0.29, 0.717) is 6.61 Å². The van der Waals surface area contributed by atoms with Crippen molar-refractivity contribution in [2.75, 3.05) is 6.61 Å². The van der Waals surface area contributed by atoms with Crippen molar-refractivity contribution in [3.8, 4) is 11.1 Å². The summed E-state index contributed by atoms with van der Waals surface area (Å²) in [6.45, 7) is 2.63. The van der Waals surface area contributed by atoms with Crippen molar-refractivity contribution in [1.82, 2.24) is 4.90 Å². The molecular formula is C17H15NO2. The zero-order valence-electron chi connectivity index (χ0n) is 11.2. The first-order valence-corrected chi connectivity index (χ1v) is 6.90. The van der Waals surface area contributed by atoms with Crippen LogP contribution in [0.5, 0.6) is 0 Å². The van der Waals surface area contributed by atoms with Crippen molar-refractivity contribution >= 4 is 5.91 Å². The van der Waals surface area contributed by atoms with Crippen LogP contribution in [-0.4, -0.2) is 23.5 Å². The van der Waals surface area contributed by atoms with Gasteiger partial charge in [-0.1, -0.05) is 42.5 Å². The molecule has 2 atom stereocenters. The molecule has 3 heteroatoms. The molecule has 1 fully saturated rings. The predicted molar refractivity (Wildman–Crippen MR) is 76.2 cm³/mol. The Labute approximate surface area is 117 Å². The SMILES string of the molecule is C[C@H]1CO[C@@H]2c3ccccc3-c3ccccc3C(=O)N21. The molecule has 3 nitrogen and oxygen atoms in total. The largest absolute Gasteiger partial charge is 0.352 e. The van der Waals surface area contributed by atoms with Crippen LogP contribution in [-0.2, 0) is 4.74 Å². The normalized spacial score (nSPS) is 23.9. The Hall–Kier alpha value is -2.13. The van der Waals surface area contributed by atoms with Gasteiger partial charge in [0.05, 0.1) is 12.6 Å². The van der Waals surface area contributed by atoms with Crippen LogP contribution in [0.15, 0.2) is 48.5 Å². The molecule has 4 rings (SSSR count). The van der Waals surface area contributed by atoms with Gasteiger partial charge in [0.15, 0.2) is 6.23 Å². The number of rotatable bonds is 0. The lowest BCUT2D eigenvalue weighted by Gasteiger charge is -2.25. The van der Waals surface area contributed by atoms with Gasteiger partial charge in [0.2, 0.25) is 0 Å². The van der Waals surface area contributed by atoms with Gasteiger partial charge in [0.25, 0.3) is 5.91 Å². The van der Waals surface area contributed by atoms with Gasteiger partial charge in [0, 0.05) is 11.1 Å². The highest BCUT2D eigenvalue weighted by molar-refractivity contribution is 6.03. The van der Waals surface area contributed by atoms with Gasteiger partial charge in [-0.2, -0.15) is 0 Å². The van der Waals surface area contributed by atoms with E-state index >= 15 is 0 Å². The van der Waals surface area contributed by atoms with Crippen LogP contribution >= 0.6 is 0 Å². The molecule has 1 saturated heterocycles. The van der Waals surface area contributed by atoms with Gasteiger partial charge in [-0.3, -0.25) is 4.79 Å². The second-order valence-electron chi connectivity index (χ2n) is 5.38. The second-order valence-corrected chi connectivity index (χ2v) is 5.38. The van der Waals surface area contributed by atoms with E-state index < -0.39 is 0 Å². The average molecular weight is 265 g/mol. The fraction of sp³-hybridized carbons (Fsp3) is 0.235. The van der Waals surface area contributed by atoms with Gasteiger partial charge in [-0.25, -0.2) is 0 Å². The molecule has 2 aliphatic rings. The summed E-state index contributed by atoms with van der Waals surface area (Å²) in [5.41, 5.74) is 3.94. The van der Waals surface area contributed by atoms with Gasteiger partial charge < -0.3 is 9.64 Å². The van der Waals surface area contributed by atoms with Crippen LogP contribution in [0.2, 0.25) is 0 Å². The molecule has 1 amide bonds. The van der Waals surface area contributed by atoms with Crippen LogP contribution in [0, 0.1) is 0 Å². The minimum absolute atomic E-state index is 0.0619. The number of fused-ring (bicyclic) bond motifs is 5. The molecule has 0 aliphatic carbocycles. The number of benzene rings is 2. The van der Waals surface area contributed by atoms with Gasteiger partial charge in [0.1, 0.15) is 0 Å². The first-order valence-electron chi connectivity index (χ1n) is 6.90. The summed E-state index contributed by atoms with van der Waals surface area (Å²) in [6.07, 6.45) is -0.263. The highest BCUT2D eigenvalue weighted by Crippen LogP contribution is 2.42. The van der Waals surface area contributed by atoms with E-state index in [4.69, 9.17) is 4.74 Å². The number of amides is 1. The van der Waals surface area contributed by atoms with E-state index in [1.54, 1.807) is 0 Å². The molecule has 0 saturated carbocycles. The van der Waals surface area contributed by atoms with E-state index in [2.05, 4.69) is 12.1 Å².